The van der Waals surface area contributed by atoms with Crippen LogP contribution in [0.1, 0.15) is 44.3 Å². The van der Waals surface area contributed by atoms with E-state index in [1.54, 1.807) is 6.20 Å². The molecule has 1 atom stereocenters. The summed E-state index contributed by atoms with van der Waals surface area (Å²) in [5.74, 6) is 0. The fraction of sp³-hybridized carbons (Fsp3) is 0.471. The summed E-state index contributed by atoms with van der Waals surface area (Å²) in [6.45, 7) is 2.64. The van der Waals surface area contributed by atoms with E-state index in [4.69, 9.17) is 4.74 Å². The van der Waals surface area contributed by atoms with Gasteiger partial charge in [0.2, 0.25) is 0 Å². The van der Waals surface area contributed by atoms with E-state index < -0.39 is 11.7 Å². The highest BCUT2D eigenvalue weighted by molar-refractivity contribution is 5.85. The minimum Gasteiger partial charge on any atom is -0.385 e. The van der Waals surface area contributed by atoms with Gasteiger partial charge in [0.15, 0.2) is 0 Å². The Bertz CT molecular complexity index is 585. The van der Waals surface area contributed by atoms with Crippen molar-refractivity contribution in [2.75, 3.05) is 6.61 Å². The number of pyridine rings is 1. The molecule has 1 N–H and O–H groups in total. The number of aliphatic hydroxyl groups excluding tert-OH is 1. The molecule has 0 spiro atoms. The SMILES string of the molecule is CCOC1(C(O)c2cccc3ccncc23)CCCC1. The van der Waals surface area contributed by atoms with Crippen LogP contribution in [0, 0.1) is 0 Å². The molecule has 106 valence electrons. The summed E-state index contributed by atoms with van der Waals surface area (Å²) >= 11 is 0. The molecule has 20 heavy (non-hydrogen) atoms. The van der Waals surface area contributed by atoms with Crippen molar-refractivity contribution in [3.8, 4) is 0 Å². The highest BCUT2D eigenvalue weighted by Crippen LogP contribution is 2.44. The second-order valence-corrected chi connectivity index (χ2v) is 5.55. The minimum atomic E-state index is -0.585. The van der Waals surface area contributed by atoms with E-state index in [1.807, 2.05) is 31.3 Å². The summed E-state index contributed by atoms with van der Waals surface area (Å²) in [5.41, 5.74) is 0.518. The van der Waals surface area contributed by atoms with Crippen molar-refractivity contribution in [1.29, 1.82) is 0 Å². The lowest BCUT2D eigenvalue weighted by Gasteiger charge is -2.34. The molecule has 0 radical (unpaired) electrons. The van der Waals surface area contributed by atoms with Gasteiger partial charge in [-0.05, 0) is 36.8 Å². The van der Waals surface area contributed by atoms with E-state index >= 15 is 0 Å². The molecule has 1 aliphatic carbocycles. The Hall–Kier alpha value is -1.45. The summed E-state index contributed by atoms with van der Waals surface area (Å²) in [6, 6.07) is 8.02. The fourth-order valence-electron chi connectivity index (χ4n) is 3.42. The van der Waals surface area contributed by atoms with Crippen molar-refractivity contribution < 1.29 is 9.84 Å². The highest BCUT2D eigenvalue weighted by Gasteiger charge is 2.42. The van der Waals surface area contributed by atoms with Gasteiger partial charge in [-0.3, -0.25) is 4.98 Å². The summed E-state index contributed by atoms with van der Waals surface area (Å²) < 4.78 is 5.99. The molecule has 3 nitrogen and oxygen atoms in total. The summed E-state index contributed by atoms with van der Waals surface area (Å²) in [7, 11) is 0. The van der Waals surface area contributed by atoms with Crippen molar-refractivity contribution >= 4 is 10.8 Å². The van der Waals surface area contributed by atoms with Crippen LogP contribution in [0.5, 0.6) is 0 Å². The van der Waals surface area contributed by atoms with Gasteiger partial charge < -0.3 is 9.84 Å². The molecule has 1 aliphatic rings. The van der Waals surface area contributed by atoms with E-state index in [0.29, 0.717) is 6.61 Å². The second-order valence-electron chi connectivity index (χ2n) is 5.55. The van der Waals surface area contributed by atoms with Crippen LogP contribution < -0.4 is 0 Å². The first-order valence-electron chi connectivity index (χ1n) is 7.41. The van der Waals surface area contributed by atoms with Crippen molar-refractivity contribution in [2.45, 2.75) is 44.3 Å². The number of nitrogens with zero attached hydrogens (tertiary/aromatic N) is 1. The zero-order chi connectivity index (χ0) is 14.0. The lowest BCUT2D eigenvalue weighted by molar-refractivity contribution is -0.118. The zero-order valence-corrected chi connectivity index (χ0v) is 11.9. The average molecular weight is 271 g/mol. The predicted molar refractivity (Wildman–Crippen MR) is 79.5 cm³/mol. The van der Waals surface area contributed by atoms with E-state index in [2.05, 4.69) is 11.1 Å². The van der Waals surface area contributed by atoms with Crippen LogP contribution in [0.15, 0.2) is 36.7 Å². The molecule has 3 rings (SSSR count). The number of ether oxygens (including phenoxy) is 1. The van der Waals surface area contributed by atoms with E-state index in [9.17, 15) is 5.11 Å². The van der Waals surface area contributed by atoms with Gasteiger partial charge in [0.1, 0.15) is 6.10 Å². The van der Waals surface area contributed by atoms with Crippen LogP contribution in [-0.2, 0) is 4.74 Å². The molecule has 3 heteroatoms. The normalized spacial score (nSPS) is 19.3. The number of rotatable bonds is 4. The van der Waals surface area contributed by atoms with Gasteiger partial charge in [0.25, 0.3) is 0 Å². The second kappa shape index (κ2) is 5.51. The number of hydrogen-bond donors (Lipinski definition) is 1. The van der Waals surface area contributed by atoms with Crippen LogP contribution in [-0.4, -0.2) is 22.3 Å². The number of hydrogen-bond acceptors (Lipinski definition) is 3. The molecule has 1 aromatic heterocycles. The molecule has 0 saturated heterocycles. The first-order valence-corrected chi connectivity index (χ1v) is 7.41. The molecule has 1 saturated carbocycles. The van der Waals surface area contributed by atoms with Gasteiger partial charge in [0.05, 0.1) is 5.60 Å². The van der Waals surface area contributed by atoms with Crippen molar-refractivity contribution in [3.05, 3.63) is 42.2 Å². The standard InChI is InChI=1S/C17H21NO2/c1-2-20-17(9-3-4-10-17)16(19)14-7-5-6-13-8-11-18-12-15(13)14/h5-8,11-12,16,19H,2-4,9-10H2,1H3. The van der Waals surface area contributed by atoms with Gasteiger partial charge in [0, 0.05) is 24.4 Å². The number of aromatic nitrogens is 1. The van der Waals surface area contributed by atoms with Gasteiger partial charge in [-0.15, -0.1) is 0 Å². The lowest BCUT2D eigenvalue weighted by Crippen LogP contribution is -2.36. The monoisotopic (exact) mass is 271 g/mol. The highest BCUT2D eigenvalue weighted by atomic mass is 16.5. The van der Waals surface area contributed by atoms with E-state index in [0.717, 1.165) is 42.0 Å². The third-order valence-corrected chi connectivity index (χ3v) is 4.39. The molecule has 0 amide bonds. The van der Waals surface area contributed by atoms with E-state index in [1.165, 1.54) is 0 Å². The van der Waals surface area contributed by atoms with Crippen molar-refractivity contribution in [1.82, 2.24) is 4.98 Å². The maximum Gasteiger partial charge on any atom is 0.109 e. The third-order valence-electron chi connectivity index (χ3n) is 4.39. The Labute approximate surface area is 119 Å². The molecule has 2 aromatic rings. The Kier molecular flexibility index (Phi) is 3.72. The Morgan fingerprint density at radius 1 is 1.30 bits per heavy atom. The first-order chi connectivity index (χ1) is 9.77. The lowest BCUT2D eigenvalue weighted by atomic mass is 9.87. The zero-order valence-electron chi connectivity index (χ0n) is 11.9. The summed E-state index contributed by atoms with van der Waals surface area (Å²) in [4.78, 5) is 4.20. The largest absolute Gasteiger partial charge is 0.385 e. The first kappa shape index (κ1) is 13.5. The molecule has 1 aromatic carbocycles. The molecule has 1 heterocycles. The van der Waals surface area contributed by atoms with Crippen LogP contribution in [0.4, 0.5) is 0 Å². The van der Waals surface area contributed by atoms with Gasteiger partial charge >= 0.3 is 0 Å². The summed E-state index contributed by atoms with van der Waals surface area (Å²) in [5, 5.41) is 13.1. The maximum absolute atomic E-state index is 10.9. The fourth-order valence-corrected chi connectivity index (χ4v) is 3.42. The average Bonchev–Trinajstić information content (AvgIpc) is 2.96. The Morgan fingerprint density at radius 2 is 2.10 bits per heavy atom. The molecular formula is C17H21NO2. The van der Waals surface area contributed by atoms with Crippen LogP contribution in [0.25, 0.3) is 10.8 Å². The predicted octanol–water partition coefficient (Wildman–Crippen LogP) is 3.62. The van der Waals surface area contributed by atoms with Gasteiger partial charge in [-0.1, -0.05) is 31.0 Å². The summed E-state index contributed by atoms with van der Waals surface area (Å²) in [6.07, 6.45) is 7.14. The van der Waals surface area contributed by atoms with Crippen LogP contribution in [0.2, 0.25) is 0 Å². The molecular weight excluding hydrogens is 250 g/mol. The maximum atomic E-state index is 10.9. The van der Waals surface area contributed by atoms with Crippen LogP contribution in [0.3, 0.4) is 0 Å². The Balaban J connectivity index is 2.05. The molecule has 0 aliphatic heterocycles. The van der Waals surface area contributed by atoms with Gasteiger partial charge in [-0.2, -0.15) is 0 Å². The number of benzene rings is 1. The molecule has 1 unspecified atom stereocenters. The smallest absolute Gasteiger partial charge is 0.109 e. The van der Waals surface area contributed by atoms with Gasteiger partial charge in [-0.25, -0.2) is 0 Å². The van der Waals surface area contributed by atoms with Crippen molar-refractivity contribution in [2.24, 2.45) is 0 Å². The minimum absolute atomic E-state index is 0.418. The number of fused-ring (bicyclic) bond motifs is 1. The molecule has 0 bridgehead atoms. The Morgan fingerprint density at radius 3 is 2.85 bits per heavy atom. The third kappa shape index (κ3) is 2.21. The number of aliphatic hydroxyl groups is 1. The molecule has 1 fully saturated rings. The van der Waals surface area contributed by atoms with E-state index in [-0.39, 0.29) is 0 Å². The quantitative estimate of drug-likeness (QED) is 0.923. The van der Waals surface area contributed by atoms with Crippen molar-refractivity contribution in [3.63, 3.8) is 0 Å². The van der Waals surface area contributed by atoms with Crippen LogP contribution >= 0.6 is 0 Å². The topological polar surface area (TPSA) is 42.4 Å².